The summed E-state index contributed by atoms with van der Waals surface area (Å²) in [6.07, 6.45) is 5.31. The first-order valence-electron chi connectivity index (χ1n) is 7.53. The monoisotopic (exact) mass is 314 g/mol. The van der Waals surface area contributed by atoms with Gasteiger partial charge in [-0.25, -0.2) is 0 Å². The van der Waals surface area contributed by atoms with E-state index in [9.17, 15) is 0 Å². The van der Waals surface area contributed by atoms with E-state index in [0.717, 1.165) is 22.4 Å². The third kappa shape index (κ3) is 2.77. The summed E-state index contributed by atoms with van der Waals surface area (Å²) in [5.74, 6) is 0.500. The van der Waals surface area contributed by atoms with Crippen LogP contribution >= 0.6 is 0 Å². The highest BCUT2D eigenvalue weighted by atomic mass is 15.6. The fourth-order valence-electron chi connectivity index (χ4n) is 2.50. The molecule has 4 aromatic rings. The van der Waals surface area contributed by atoms with Crippen LogP contribution in [0, 0.1) is 6.92 Å². The van der Waals surface area contributed by atoms with Gasteiger partial charge in [0.2, 0.25) is 5.82 Å². The molecule has 6 heteroatoms. The lowest BCUT2D eigenvalue weighted by Crippen LogP contribution is -2.00. The van der Waals surface area contributed by atoms with Gasteiger partial charge in [-0.3, -0.25) is 9.97 Å². The van der Waals surface area contributed by atoms with Crippen LogP contribution in [0.5, 0.6) is 0 Å². The van der Waals surface area contributed by atoms with Gasteiger partial charge in [0.1, 0.15) is 5.69 Å². The van der Waals surface area contributed by atoms with Crippen molar-refractivity contribution in [1.29, 1.82) is 0 Å². The highest BCUT2D eigenvalue weighted by Crippen LogP contribution is 2.23. The molecule has 0 radical (unpaired) electrons. The van der Waals surface area contributed by atoms with E-state index in [-0.39, 0.29) is 0 Å². The zero-order chi connectivity index (χ0) is 16.4. The number of benzene rings is 1. The lowest BCUT2D eigenvalue weighted by molar-refractivity contribution is 0.719. The van der Waals surface area contributed by atoms with Crippen molar-refractivity contribution in [3.05, 3.63) is 72.7 Å². The normalized spacial score (nSPS) is 10.7. The molecule has 0 atom stereocenters. The van der Waals surface area contributed by atoms with Crippen LogP contribution < -0.4 is 0 Å². The maximum atomic E-state index is 4.44. The Kier molecular flexibility index (Phi) is 3.55. The van der Waals surface area contributed by atoms with Crippen molar-refractivity contribution < 1.29 is 0 Å². The van der Waals surface area contributed by atoms with Gasteiger partial charge in [0, 0.05) is 24.2 Å². The van der Waals surface area contributed by atoms with Gasteiger partial charge < -0.3 is 0 Å². The van der Waals surface area contributed by atoms with Crippen LogP contribution in [0.4, 0.5) is 0 Å². The minimum absolute atomic E-state index is 0.500. The average molecular weight is 314 g/mol. The molecule has 116 valence electrons. The second kappa shape index (κ2) is 6.00. The first kappa shape index (κ1) is 14.2. The van der Waals surface area contributed by atoms with E-state index < -0.39 is 0 Å². The van der Waals surface area contributed by atoms with E-state index in [1.54, 1.807) is 12.4 Å². The van der Waals surface area contributed by atoms with Crippen LogP contribution in [0.1, 0.15) is 5.56 Å². The Morgan fingerprint density at radius 1 is 0.917 bits per heavy atom. The molecule has 0 bridgehead atoms. The SMILES string of the molecule is Cc1cc(-c2cccnc2)cc(-n2nnc(-c3ccccn3)n2)c1. The molecule has 0 saturated heterocycles. The van der Waals surface area contributed by atoms with E-state index in [4.69, 9.17) is 0 Å². The number of aryl methyl sites for hydroxylation is 1. The highest BCUT2D eigenvalue weighted by Gasteiger charge is 2.10. The molecular formula is C18H14N6. The minimum Gasteiger partial charge on any atom is -0.264 e. The van der Waals surface area contributed by atoms with Gasteiger partial charge in [-0.15, -0.1) is 15.0 Å². The third-order valence-corrected chi connectivity index (χ3v) is 3.60. The summed E-state index contributed by atoms with van der Waals surface area (Å²) in [5, 5.41) is 12.7. The number of tetrazole rings is 1. The first-order valence-corrected chi connectivity index (χ1v) is 7.53. The predicted molar refractivity (Wildman–Crippen MR) is 90.4 cm³/mol. The van der Waals surface area contributed by atoms with Gasteiger partial charge in [0.05, 0.1) is 5.69 Å². The van der Waals surface area contributed by atoms with Gasteiger partial charge in [0.25, 0.3) is 0 Å². The molecular weight excluding hydrogens is 300 g/mol. The van der Waals surface area contributed by atoms with Gasteiger partial charge in [-0.2, -0.15) is 0 Å². The van der Waals surface area contributed by atoms with Crippen molar-refractivity contribution in [2.75, 3.05) is 0 Å². The number of aromatic nitrogens is 6. The van der Waals surface area contributed by atoms with Gasteiger partial charge >= 0.3 is 0 Å². The summed E-state index contributed by atoms with van der Waals surface area (Å²) in [5.41, 5.74) is 4.78. The number of rotatable bonds is 3. The lowest BCUT2D eigenvalue weighted by atomic mass is 10.0. The average Bonchev–Trinajstić information content (AvgIpc) is 3.13. The van der Waals surface area contributed by atoms with Crippen molar-refractivity contribution in [2.45, 2.75) is 6.92 Å². The molecule has 0 N–H and O–H groups in total. The Balaban J connectivity index is 1.75. The minimum atomic E-state index is 0.500. The van der Waals surface area contributed by atoms with E-state index in [1.807, 2.05) is 55.6 Å². The van der Waals surface area contributed by atoms with Crippen molar-refractivity contribution in [2.24, 2.45) is 0 Å². The number of hydrogen-bond acceptors (Lipinski definition) is 5. The summed E-state index contributed by atoms with van der Waals surface area (Å²) in [6, 6.07) is 15.7. The molecule has 0 saturated carbocycles. The topological polar surface area (TPSA) is 69.4 Å². The molecule has 0 fully saturated rings. The quantitative estimate of drug-likeness (QED) is 0.581. The highest BCUT2D eigenvalue weighted by molar-refractivity contribution is 5.66. The zero-order valence-electron chi connectivity index (χ0n) is 13.0. The molecule has 0 aliphatic rings. The molecule has 6 nitrogen and oxygen atoms in total. The van der Waals surface area contributed by atoms with Gasteiger partial charge in [0.15, 0.2) is 0 Å². The van der Waals surface area contributed by atoms with Crippen LogP contribution in [0.15, 0.2) is 67.1 Å². The van der Waals surface area contributed by atoms with E-state index >= 15 is 0 Å². The molecule has 0 aliphatic carbocycles. The Labute approximate surface area is 138 Å². The molecule has 1 aromatic carbocycles. The summed E-state index contributed by atoms with van der Waals surface area (Å²) in [4.78, 5) is 9.96. The molecule has 0 amide bonds. The van der Waals surface area contributed by atoms with Gasteiger partial charge in [-0.05, 0) is 53.6 Å². The van der Waals surface area contributed by atoms with Gasteiger partial charge in [-0.1, -0.05) is 18.2 Å². The predicted octanol–water partition coefficient (Wildman–Crippen LogP) is 3.09. The molecule has 3 aromatic heterocycles. The zero-order valence-corrected chi connectivity index (χ0v) is 13.0. The van der Waals surface area contributed by atoms with Crippen molar-refractivity contribution >= 4 is 0 Å². The Morgan fingerprint density at radius 2 is 1.88 bits per heavy atom. The standard InChI is InChI=1S/C18H14N6/c1-13-9-15(14-5-4-7-19-12-14)11-16(10-13)24-22-18(21-23-24)17-6-2-3-8-20-17/h2-12H,1H3. The smallest absolute Gasteiger partial charge is 0.223 e. The molecule has 0 spiro atoms. The summed E-state index contributed by atoms with van der Waals surface area (Å²) >= 11 is 0. The van der Waals surface area contributed by atoms with Crippen LogP contribution in [0.2, 0.25) is 0 Å². The summed E-state index contributed by atoms with van der Waals surface area (Å²) in [7, 11) is 0. The van der Waals surface area contributed by atoms with Crippen LogP contribution in [-0.2, 0) is 0 Å². The van der Waals surface area contributed by atoms with Crippen LogP contribution in [0.25, 0.3) is 28.3 Å². The van der Waals surface area contributed by atoms with Crippen LogP contribution in [-0.4, -0.2) is 30.2 Å². The first-order chi connectivity index (χ1) is 11.8. The molecule has 0 unspecified atom stereocenters. The second-order valence-electron chi connectivity index (χ2n) is 5.42. The molecule has 4 rings (SSSR count). The summed E-state index contributed by atoms with van der Waals surface area (Å²) in [6.45, 7) is 2.04. The van der Waals surface area contributed by atoms with Crippen molar-refractivity contribution in [1.82, 2.24) is 30.2 Å². The lowest BCUT2D eigenvalue weighted by Gasteiger charge is -2.06. The second-order valence-corrected chi connectivity index (χ2v) is 5.42. The molecule has 3 heterocycles. The Bertz CT molecular complexity index is 963. The van der Waals surface area contributed by atoms with E-state index in [2.05, 4.69) is 31.4 Å². The maximum Gasteiger partial charge on any atom is 0.223 e. The Hall–Kier alpha value is -3.41. The van der Waals surface area contributed by atoms with Crippen molar-refractivity contribution in [3.63, 3.8) is 0 Å². The fraction of sp³-hybridized carbons (Fsp3) is 0.0556. The molecule has 24 heavy (non-hydrogen) atoms. The van der Waals surface area contributed by atoms with Crippen molar-refractivity contribution in [3.8, 4) is 28.3 Å². The van der Waals surface area contributed by atoms with Crippen LogP contribution in [0.3, 0.4) is 0 Å². The maximum absolute atomic E-state index is 4.44. The number of nitrogens with zero attached hydrogens (tertiary/aromatic N) is 6. The summed E-state index contributed by atoms with van der Waals surface area (Å²) < 4.78 is 0. The van der Waals surface area contributed by atoms with E-state index in [1.165, 1.54) is 4.80 Å². The third-order valence-electron chi connectivity index (χ3n) is 3.60. The fourth-order valence-corrected chi connectivity index (χ4v) is 2.50. The van der Waals surface area contributed by atoms with E-state index in [0.29, 0.717) is 11.5 Å². The Morgan fingerprint density at radius 3 is 2.67 bits per heavy atom. The number of pyridine rings is 2. The molecule has 0 aliphatic heterocycles. The number of hydrogen-bond donors (Lipinski definition) is 0. The largest absolute Gasteiger partial charge is 0.264 e.